The van der Waals surface area contributed by atoms with Gasteiger partial charge in [-0.2, -0.15) is 8.78 Å². The molecule has 0 saturated heterocycles. The highest BCUT2D eigenvalue weighted by Gasteiger charge is 2.08. The predicted octanol–water partition coefficient (Wildman–Crippen LogP) is 2.33. The summed E-state index contributed by atoms with van der Waals surface area (Å²) in [6.07, 6.45) is 0. The van der Waals surface area contributed by atoms with Crippen LogP contribution in [0.5, 0.6) is 5.75 Å². The predicted molar refractivity (Wildman–Crippen MR) is 82.4 cm³/mol. The molecule has 0 atom stereocenters. The molecule has 5 nitrogen and oxygen atoms in total. The Kier molecular flexibility index (Phi) is 8.21. The average Bonchev–Trinajstić information content (AvgIpc) is 2.48. The Bertz CT molecular complexity index is 453. The molecule has 0 heterocycles. The van der Waals surface area contributed by atoms with Crippen LogP contribution in [0, 0.1) is 0 Å². The number of hydrogen-bond donors (Lipinski definition) is 1. The zero-order chi connectivity index (χ0) is 16.4. The van der Waals surface area contributed by atoms with Crippen LogP contribution in [0.2, 0.25) is 0 Å². The number of nitrogens with one attached hydrogen (secondary N) is 1. The molecule has 0 aromatic heterocycles. The summed E-state index contributed by atoms with van der Waals surface area (Å²) >= 11 is 0. The van der Waals surface area contributed by atoms with Gasteiger partial charge in [0.2, 0.25) is 0 Å². The van der Waals surface area contributed by atoms with Crippen LogP contribution in [0.4, 0.5) is 8.78 Å². The SMILES string of the molecule is CCNC(=NCCOC)N(C)Cc1ccc(OC(F)F)cc1. The van der Waals surface area contributed by atoms with Gasteiger partial charge in [-0.1, -0.05) is 12.1 Å². The lowest BCUT2D eigenvalue weighted by Crippen LogP contribution is -2.38. The van der Waals surface area contributed by atoms with Crippen LogP contribution in [0.25, 0.3) is 0 Å². The number of benzene rings is 1. The maximum absolute atomic E-state index is 12.1. The van der Waals surface area contributed by atoms with Crippen molar-refractivity contribution in [3.05, 3.63) is 29.8 Å². The molecule has 1 N–H and O–H groups in total. The molecule has 0 aliphatic carbocycles. The van der Waals surface area contributed by atoms with Crippen molar-refractivity contribution in [3.8, 4) is 5.75 Å². The second kappa shape index (κ2) is 9.94. The quantitative estimate of drug-likeness (QED) is 0.454. The highest BCUT2D eigenvalue weighted by atomic mass is 19.3. The largest absolute Gasteiger partial charge is 0.435 e. The fraction of sp³-hybridized carbons (Fsp3) is 0.533. The molecular formula is C15H23F2N3O2. The van der Waals surface area contributed by atoms with E-state index in [1.54, 1.807) is 19.2 Å². The summed E-state index contributed by atoms with van der Waals surface area (Å²) in [7, 11) is 3.55. The lowest BCUT2D eigenvalue weighted by molar-refractivity contribution is -0.0498. The molecule has 0 unspecified atom stereocenters. The molecule has 1 rings (SSSR count). The Hall–Kier alpha value is -1.89. The van der Waals surface area contributed by atoms with Gasteiger partial charge >= 0.3 is 6.61 Å². The van der Waals surface area contributed by atoms with Crippen molar-refractivity contribution in [3.63, 3.8) is 0 Å². The normalized spacial score (nSPS) is 11.6. The van der Waals surface area contributed by atoms with Crippen molar-refractivity contribution < 1.29 is 18.3 Å². The number of halogens is 2. The fourth-order valence-corrected chi connectivity index (χ4v) is 1.84. The van der Waals surface area contributed by atoms with Gasteiger partial charge in [-0.3, -0.25) is 4.99 Å². The van der Waals surface area contributed by atoms with E-state index in [0.717, 1.165) is 18.1 Å². The Morgan fingerprint density at radius 1 is 1.32 bits per heavy atom. The number of guanidine groups is 1. The summed E-state index contributed by atoms with van der Waals surface area (Å²) in [6, 6.07) is 6.58. The maximum atomic E-state index is 12.1. The van der Waals surface area contributed by atoms with E-state index in [1.165, 1.54) is 12.1 Å². The zero-order valence-corrected chi connectivity index (χ0v) is 13.2. The molecule has 1 aromatic rings. The minimum absolute atomic E-state index is 0.155. The van der Waals surface area contributed by atoms with Gasteiger partial charge in [-0.15, -0.1) is 0 Å². The Labute approximate surface area is 129 Å². The van der Waals surface area contributed by atoms with E-state index < -0.39 is 6.61 Å². The summed E-state index contributed by atoms with van der Waals surface area (Å²) in [5.41, 5.74) is 0.974. The highest BCUT2D eigenvalue weighted by Crippen LogP contribution is 2.15. The number of rotatable bonds is 8. The third-order valence-corrected chi connectivity index (χ3v) is 2.82. The molecule has 0 spiro atoms. The Balaban J connectivity index is 2.63. The first-order valence-electron chi connectivity index (χ1n) is 7.09. The molecule has 0 amide bonds. The van der Waals surface area contributed by atoms with E-state index in [1.807, 2.05) is 18.9 Å². The topological polar surface area (TPSA) is 46.1 Å². The lowest BCUT2D eigenvalue weighted by Gasteiger charge is -2.22. The summed E-state index contributed by atoms with van der Waals surface area (Å²) < 4.78 is 33.5. The van der Waals surface area contributed by atoms with Crippen molar-refractivity contribution in [2.45, 2.75) is 20.1 Å². The van der Waals surface area contributed by atoms with Gasteiger partial charge in [-0.05, 0) is 24.6 Å². The minimum Gasteiger partial charge on any atom is -0.435 e. The minimum atomic E-state index is -2.80. The molecular weight excluding hydrogens is 292 g/mol. The number of methoxy groups -OCH3 is 1. The van der Waals surface area contributed by atoms with Crippen molar-refractivity contribution in [2.75, 3.05) is 33.9 Å². The number of ether oxygens (including phenoxy) is 2. The molecule has 0 fully saturated rings. The van der Waals surface area contributed by atoms with E-state index in [9.17, 15) is 8.78 Å². The third-order valence-electron chi connectivity index (χ3n) is 2.82. The standard InChI is InChI=1S/C15H23F2N3O2/c1-4-18-15(19-9-10-21-3)20(2)11-12-5-7-13(8-6-12)22-14(16)17/h5-8,14H,4,9-11H2,1-3H3,(H,18,19). The van der Waals surface area contributed by atoms with Crippen LogP contribution in [0.15, 0.2) is 29.3 Å². The Morgan fingerprint density at radius 3 is 2.55 bits per heavy atom. The second-order valence-corrected chi connectivity index (χ2v) is 4.61. The zero-order valence-electron chi connectivity index (χ0n) is 13.2. The van der Waals surface area contributed by atoms with Crippen molar-refractivity contribution in [1.82, 2.24) is 10.2 Å². The van der Waals surface area contributed by atoms with Gasteiger partial charge in [0.25, 0.3) is 0 Å². The van der Waals surface area contributed by atoms with Crippen LogP contribution in [0.3, 0.4) is 0 Å². The summed E-state index contributed by atoms with van der Waals surface area (Å²) in [5.74, 6) is 0.925. The van der Waals surface area contributed by atoms with E-state index in [-0.39, 0.29) is 5.75 Å². The van der Waals surface area contributed by atoms with Crippen molar-refractivity contribution in [2.24, 2.45) is 4.99 Å². The number of nitrogens with zero attached hydrogens (tertiary/aromatic N) is 2. The Morgan fingerprint density at radius 2 is 2.00 bits per heavy atom. The first-order valence-corrected chi connectivity index (χ1v) is 7.09. The average molecular weight is 315 g/mol. The molecule has 0 aliphatic heterocycles. The van der Waals surface area contributed by atoms with Gasteiger partial charge < -0.3 is 19.7 Å². The fourth-order valence-electron chi connectivity index (χ4n) is 1.84. The van der Waals surface area contributed by atoms with Gasteiger partial charge in [0.15, 0.2) is 5.96 Å². The molecule has 1 aromatic carbocycles. The first-order chi connectivity index (χ1) is 10.6. The molecule has 0 bridgehead atoms. The van der Waals surface area contributed by atoms with Gasteiger partial charge in [-0.25, -0.2) is 0 Å². The lowest BCUT2D eigenvalue weighted by atomic mass is 10.2. The first kappa shape index (κ1) is 18.2. The van der Waals surface area contributed by atoms with Gasteiger partial charge in [0, 0.05) is 27.2 Å². The van der Waals surface area contributed by atoms with Crippen LogP contribution in [-0.2, 0) is 11.3 Å². The molecule has 7 heteroatoms. The maximum Gasteiger partial charge on any atom is 0.387 e. The van der Waals surface area contributed by atoms with Crippen LogP contribution < -0.4 is 10.1 Å². The van der Waals surface area contributed by atoms with Crippen molar-refractivity contribution >= 4 is 5.96 Å². The number of aliphatic imine (C=N–C) groups is 1. The second-order valence-electron chi connectivity index (χ2n) is 4.61. The summed E-state index contributed by atoms with van der Waals surface area (Å²) in [5, 5.41) is 3.20. The van der Waals surface area contributed by atoms with E-state index >= 15 is 0 Å². The van der Waals surface area contributed by atoms with Gasteiger partial charge in [0.05, 0.1) is 13.2 Å². The summed E-state index contributed by atoms with van der Waals surface area (Å²) in [6.45, 7) is 1.69. The third kappa shape index (κ3) is 6.71. The highest BCUT2D eigenvalue weighted by molar-refractivity contribution is 5.79. The van der Waals surface area contributed by atoms with E-state index in [4.69, 9.17) is 4.74 Å². The van der Waals surface area contributed by atoms with Crippen LogP contribution >= 0.6 is 0 Å². The summed E-state index contributed by atoms with van der Waals surface area (Å²) in [4.78, 5) is 6.40. The molecule has 22 heavy (non-hydrogen) atoms. The van der Waals surface area contributed by atoms with Crippen molar-refractivity contribution in [1.29, 1.82) is 0 Å². The monoisotopic (exact) mass is 315 g/mol. The van der Waals surface area contributed by atoms with Gasteiger partial charge in [0.1, 0.15) is 5.75 Å². The number of alkyl halides is 2. The number of hydrogen-bond acceptors (Lipinski definition) is 3. The molecule has 0 aliphatic rings. The van der Waals surface area contributed by atoms with Crippen LogP contribution in [0.1, 0.15) is 12.5 Å². The van der Waals surface area contributed by atoms with E-state index in [0.29, 0.717) is 19.7 Å². The molecule has 0 saturated carbocycles. The van der Waals surface area contributed by atoms with Crippen LogP contribution in [-0.4, -0.2) is 51.3 Å². The smallest absolute Gasteiger partial charge is 0.387 e. The molecule has 124 valence electrons. The molecule has 0 radical (unpaired) electrons. The van der Waals surface area contributed by atoms with E-state index in [2.05, 4.69) is 15.0 Å².